The van der Waals surface area contributed by atoms with E-state index < -0.39 is 0 Å². The quantitative estimate of drug-likeness (QED) is 0.443. The Hall–Kier alpha value is -2.88. The SMILES string of the molecule is CCc1nnc2sc(-c3ccc(CNC(=S)NC(=O)c4ccc(Cl)cc4)cc3)nn12. The van der Waals surface area contributed by atoms with Crippen molar-refractivity contribution in [2.75, 3.05) is 0 Å². The molecule has 4 rings (SSSR count). The van der Waals surface area contributed by atoms with Crippen LogP contribution in [0.1, 0.15) is 28.7 Å². The Morgan fingerprint density at radius 2 is 1.87 bits per heavy atom. The second-order valence-electron chi connectivity index (χ2n) is 6.41. The second-order valence-corrected chi connectivity index (χ2v) is 8.21. The highest BCUT2D eigenvalue weighted by Crippen LogP contribution is 2.25. The van der Waals surface area contributed by atoms with Crippen LogP contribution in [-0.4, -0.2) is 30.8 Å². The number of hydrogen-bond donors (Lipinski definition) is 2. The number of aromatic nitrogens is 4. The van der Waals surface area contributed by atoms with E-state index in [9.17, 15) is 4.79 Å². The van der Waals surface area contributed by atoms with Crippen molar-refractivity contribution in [2.45, 2.75) is 19.9 Å². The van der Waals surface area contributed by atoms with E-state index in [2.05, 4.69) is 25.9 Å². The Bertz CT molecular complexity index is 1200. The Kier molecular flexibility index (Phi) is 6.03. The van der Waals surface area contributed by atoms with Gasteiger partial charge in [-0.05, 0) is 42.0 Å². The number of thiocarbonyl (C=S) groups is 1. The number of amides is 1. The van der Waals surface area contributed by atoms with Gasteiger partial charge in [-0.25, -0.2) is 0 Å². The van der Waals surface area contributed by atoms with E-state index in [4.69, 9.17) is 23.8 Å². The van der Waals surface area contributed by atoms with Crippen LogP contribution in [0.3, 0.4) is 0 Å². The van der Waals surface area contributed by atoms with Gasteiger partial charge in [0.05, 0.1) is 0 Å². The Morgan fingerprint density at radius 1 is 1.13 bits per heavy atom. The predicted molar refractivity (Wildman–Crippen MR) is 122 cm³/mol. The molecule has 0 atom stereocenters. The van der Waals surface area contributed by atoms with E-state index in [-0.39, 0.29) is 11.0 Å². The molecule has 0 radical (unpaired) electrons. The fourth-order valence-corrected chi connectivity index (χ4v) is 3.92. The molecule has 2 aromatic heterocycles. The summed E-state index contributed by atoms with van der Waals surface area (Å²) in [6, 6.07) is 14.6. The average molecular weight is 457 g/mol. The van der Waals surface area contributed by atoms with Gasteiger partial charge in [0.25, 0.3) is 5.91 Å². The van der Waals surface area contributed by atoms with Crippen molar-refractivity contribution in [1.29, 1.82) is 0 Å². The molecule has 2 N–H and O–H groups in total. The normalized spacial score (nSPS) is 10.9. The first kappa shape index (κ1) is 20.4. The van der Waals surface area contributed by atoms with Gasteiger partial charge in [0, 0.05) is 29.1 Å². The third kappa shape index (κ3) is 4.48. The van der Waals surface area contributed by atoms with E-state index in [1.807, 2.05) is 31.2 Å². The second kappa shape index (κ2) is 8.86. The van der Waals surface area contributed by atoms with Gasteiger partial charge in [-0.3, -0.25) is 10.1 Å². The van der Waals surface area contributed by atoms with Crippen molar-refractivity contribution in [3.8, 4) is 10.6 Å². The molecule has 0 aliphatic carbocycles. The van der Waals surface area contributed by atoms with Crippen molar-refractivity contribution in [3.05, 3.63) is 70.5 Å². The topological polar surface area (TPSA) is 84.2 Å². The first-order valence-corrected chi connectivity index (χ1v) is 10.8. The number of carbonyl (C=O) groups excluding carboxylic acids is 1. The summed E-state index contributed by atoms with van der Waals surface area (Å²) >= 11 is 12.6. The maximum absolute atomic E-state index is 12.2. The molecule has 2 heterocycles. The maximum atomic E-state index is 12.2. The molecule has 0 bridgehead atoms. The first-order chi connectivity index (χ1) is 14.5. The van der Waals surface area contributed by atoms with Crippen molar-refractivity contribution in [2.24, 2.45) is 0 Å². The van der Waals surface area contributed by atoms with Gasteiger partial charge in [0.15, 0.2) is 10.9 Å². The smallest absolute Gasteiger partial charge is 0.257 e. The fraction of sp³-hybridized carbons (Fsp3) is 0.150. The molecule has 30 heavy (non-hydrogen) atoms. The summed E-state index contributed by atoms with van der Waals surface area (Å²) in [5.41, 5.74) is 2.53. The van der Waals surface area contributed by atoms with Crippen LogP contribution in [-0.2, 0) is 13.0 Å². The molecular formula is C20H17ClN6OS2. The number of hydrogen-bond acceptors (Lipinski definition) is 6. The Balaban J connectivity index is 1.35. The molecule has 0 saturated carbocycles. The summed E-state index contributed by atoms with van der Waals surface area (Å²) < 4.78 is 1.79. The lowest BCUT2D eigenvalue weighted by molar-refractivity contribution is 0.0976. The van der Waals surface area contributed by atoms with Crippen LogP contribution in [0.5, 0.6) is 0 Å². The van der Waals surface area contributed by atoms with E-state index >= 15 is 0 Å². The molecule has 0 fully saturated rings. The highest BCUT2D eigenvalue weighted by atomic mass is 35.5. The zero-order chi connectivity index (χ0) is 21.1. The zero-order valence-electron chi connectivity index (χ0n) is 15.9. The lowest BCUT2D eigenvalue weighted by Gasteiger charge is -2.10. The standard InChI is InChI=1S/C20H17ClN6OS2/c1-2-16-24-25-20-27(16)26-18(30-20)14-5-3-12(4-6-14)11-22-19(29)23-17(28)13-7-9-15(21)10-8-13/h3-10H,2,11H2,1H3,(H2,22,23,28,29). The summed E-state index contributed by atoms with van der Waals surface area (Å²) in [4.78, 5) is 13.0. The molecule has 7 nitrogen and oxygen atoms in total. The van der Waals surface area contributed by atoms with Gasteiger partial charge in [0.1, 0.15) is 5.01 Å². The van der Waals surface area contributed by atoms with Gasteiger partial charge >= 0.3 is 0 Å². The van der Waals surface area contributed by atoms with Crippen LogP contribution in [0.25, 0.3) is 15.5 Å². The number of nitrogens with one attached hydrogen (secondary N) is 2. The maximum Gasteiger partial charge on any atom is 0.257 e. The minimum Gasteiger partial charge on any atom is -0.358 e. The average Bonchev–Trinajstić information content (AvgIpc) is 3.34. The van der Waals surface area contributed by atoms with Gasteiger partial charge in [-0.15, -0.1) is 10.2 Å². The number of rotatable bonds is 5. The summed E-state index contributed by atoms with van der Waals surface area (Å²) in [5.74, 6) is 0.566. The number of aryl methyl sites for hydroxylation is 1. The number of benzene rings is 2. The molecule has 0 unspecified atom stereocenters. The third-order valence-electron chi connectivity index (χ3n) is 4.36. The zero-order valence-corrected chi connectivity index (χ0v) is 18.3. The molecule has 152 valence electrons. The monoisotopic (exact) mass is 456 g/mol. The van der Waals surface area contributed by atoms with Gasteiger partial charge in [0.2, 0.25) is 4.96 Å². The van der Waals surface area contributed by atoms with Crippen LogP contribution in [0.2, 0.25) is 5.02 Å². The highest BCUT2D eigenvalue weighted by molar-refractivity contribution is 7.80. The van der Waals surface area contributed by atoms with Crippen LogP contribution in [0, 0.1) is 0 Å². The first-order valence-electron chi connectivity index (χ1n) is 9.18. The summed E-state index contributed by atoms with van der Waals surface area (Å²) in [6.45, 7) is 2.52. The van der Waals surface area contributed by atoms with E-state index in [0.717, 1.165) is 33.3 Å². The minimum absolute atomic E-state index is 0.264. The molecule has 0 aliphatic rings. The Morgan fingerprint density at radius 3 is 2.57 bits per heavy atom. The van der Waals surface area contributed by atoms with E-state index in [0.29, 0.717) is 17.1 Å². The lowest BCUT2D eigenvalue weighted by atomic mass is 10.1. The molecule has 0 saturated heterocycles. The molecule has 0 aliphatic heterocycles. The number of carbonyl (C=O) groups is 1. The highest BCUT2D eigenvalue weighted by Gasteiger charge is 2.12. The Labute approximate surface area is 187 Å². The van der Waals surface area contributed by atoms with Crippen LogP contribution < -0.4 is 10.6 Å². The molecular weight excluding hydrogens is 440 g/mol. The summed E-state index contributed by atoms with van der Waals surface area (Å²) in [6.07, 6.45) is 0.781. The van der Waals surface area contributed by atoms with Gasteiger partial charge < -0.3 is 5.32 Å². The number of halogens is 1. The largest absolute Gasteiger partial charge is 0.358 e. The summed E-state index contributed by atoms with van der Waals surface area (Å²) in [7, 11) is 0. The molecule has 0 spiro atoms. The lowest BCUT2D eigenvalue weighted by Crippen LogP contribution is -2.38. The van der Waals surface area contributed by atoms with Crippen molar-refractivity contribution >= 4 is 51.1 Å². The molecule has 2 aromatic carbocycles. The fourth-order valence-electron chi connectivity index (χ4n) is 2.76. The predicted octanol–water partition coefficient (Wildman–Crippen LogP) is 3.87. The van der Waals surface area contributed by atoms with E-state index in [1.54, 1.807) is 28.8 Å². The van der Waals surface area contributed by atoms with Crippen molar-refractivity contribution in [3.63, 3.8) is 0 Å². The third-order valence-corrected chi connectivity index (χ3v) is 5.81. The van der Waals surface area contributed by atoms with Crippen LogP contribution in [0.15, 0.2) is 48.5 Å². The van der Waals surface area contributed by atoms with Gasteiger partial charge in [-0.2, -0.15) is 9.61 Å². The van der Waals surface area contributed by atoms with Crippen molar-refractivity contribution in [1.82, 2.24) is 30.4 Å². The molecule has 4 aromatic rings. The summed E-state index contributed by atoms with van der Waals surface area (Å²) in [5, 5.41) is 20.3. The number of fused-ring (bicyclic) bond motifs is 1. The van der Waals surface area contributed by atoms with Crippen molar-refractivity contribution < 1.29 is 4.79 Å². The van der Waals surface area contributed by atoms with Crippen LogP contribution in [0.4, 0.5) is 0 Å². The molecule has 10 heteroatoms. The molecule has 1 amide bonds. The van der Waals surface area contributed by atoms with Crippen LogP contribution >= 0.6 is 35.2 Å². The van der Waals surface area contributed by atoms with E-state index in [1.165, 1.54) is 11.3 Å². The van der Waals surface area contributed by atoms with Gasteiger partial charge in [-0.1, -0.05) is 54.1 Å². The minimum atomic E-state index is -0.283. The number of nitrogens with zero attached hydrogens (tertiary/aromatic N) is 4.